The summed E-state index contributed by atoms with van der Waals surface area (Å²) in [6.07, 6.45) is -3.96. The summed E-state index contributed by atoms with van der Waals surface area (Å²) in [4.78, 5) is 24.9. The largest absolute Gasteiger partial charge is 0.416 e. The molecule has 0 bridgehead atoms. The summed E-state index contributed by atoms with van der Waals surface area (Å²) in [5.41, 5.74) is 8.98. The summed E-state index contributed by atoms with van der Waals surface area (Å²) in [6.45, 7) is 1.23. The van der Waals surface area contributed by atoms with E-state index in [4.69, 9.17) is 10.3 Å². The van der Waals surface area contributed by atoms with Gasteiger partial charge >= 0.3 is 6.18 Å². The third-order valence-corrected chi connectivity index (χ3v) is 7.15. The lowest BCUT2D eigenvalue weighted by atomic mass is 9.97. The average molecular weight is 559 g/mol. The highest BCUT2D eigenvalue weighted by Crippen LogP contribution is 2.31. The van der Waals surface area contributed by atoms with Crippen molar-refractivity contribution in [2.75, 3.05) is 12.3 Å². The van der Waals surface area contributed by atoms with E-state index in [1.165, 1.54) is 12.1 Å². The highest BCUT2D eigenvalue weighted by atomic mass is 19.4. The number of nitrogen functional groups attached to an aromatic ring is 1. The molecule has 0 saturated heterocycles. The van der Waals surface area contributed by atoms with Gasteiger partial charge in [0.05, 0.1) is 23.8 Å². The van der Waals surface area contributed by atoms with Crippen molar-refractivity contribution in [1.82, 2.24) is 24.6 Å². The monoisotopic (exact) mass is 558 g/mol. The second kappa shape index (κ2) is 10.7. The molecule has 2 N–H and O–H groups in total. The van der Waals surface area contributed by atoms with Crippen LogP contribution in [0.25, 0.3) is 11.5 Å². The molecule has 1 aliphatic rings. The van der Waals surface area contributed by atoms with Crippen molar-refractivity contribution >= 4 is 5.95 Å². The van der Waals surface area contributed by atoms with Crippen LogP contribution in [0.5, 0.6) is 0 Å². The summed E-state index contributed by atoms with van der Waals surface area (Å²) in [5.74, 6) is 0.625. The Hall–Kier alpha value is -4.77. The maximum atomic E-state index is 13.8. The van der Waals surface area contributed by atoms with Crippen molar-refractivity contribution in [1.29, 1.82) is 0 Å². The van der Waals surface area contributed by atoms with Crippen molar-refractivity contribution < 1.29 is 17.7 Å². The van der Waals surface area contributed by atoms with E-state index in [-0.39, 0.29) is 17.4 Å². The molecular weight excluding hydrogens is 533 g/mol. The van der Waals surface area contributed by atoms with Gasteiger partial charge in [-0.2, -0.15) is 18.2 Å². The molecule has 0 radical (unpaired) electrons. The lowest BCUT2D eigenvalue weighted by Gasteiger charge is -2.29. The zero-order chi connectivity index (χ0) is 28.6. The van der Waals surface area contributed by atoms with Crippen molar-refractivity contribution in [3.05, 3.63) is 129 Å². The molecular formula is C30H25F3N6O2. The van der Waals surface area contributed by atoms with E-state index >= 15 is 0 Å². The SMILES string of the molecule is Nc1nc2c(c(=O)n1C(c1ccccc1)c1ccccc1)CCN(Cc1noc(-c3ccc(C(F)(F)F)cc3)n1)C2. The maximum Gasteiger partial charge on any atom is 0.416 e. The van der Waals surface area contributed by atoms with Gasteiger partial charge in [0.2, 0.25) is 5.95 Å². The average Bonchev–Trinajstić information content (AvgIpc) is 3.44. The first-order valence-corrected chi connectivity index (χ1v) is 13.0. The minimum Gasteiger partial charge on any atom is -0.369 e. The third-order valence-electron chi connectivity index (χ3n) is 7.15. The number of hydrogen-bond donors (Lipinski definition) is 1. The molecule has 0 saturated carbocycles. The van der Waals surface area contributed by atoms with E-state index in [0.29, 0.717) is 48.7 Å². The van der Waals surface area contributed by atoms with Gasteiger partial charge in [0.15, 0.2) is 5.82 Å². The van der Waals surface area contributed by atoms with E-state index in [0.717, 1.165) is 23.3 Å². The minimum atomic E-state index is -4.42. The van der Waals surface area contributed by atoms with Gasteiger partial charge in [-0.1, -0.05) is 65.8 Å². The van der Waals surface area contributed by atoms with E-state index in [1.807, 2.05) is 65.6 Å². The Labute approximate surface area is 232 Å². The summed E-state index contributed by atoms with van der Waals surface area (Å²) < 4.78 is 45.5. The van der Waals surface area contributed by atoms with Crippen molar-refractivity contribution in [2.24, 2.45) is 0 Å². The molecule has 3 heterocycles. The molecule has 0 atom stereocenters. The Balaban J connectivity index is 1.24. The number of alkyl halides is 3. The van der Waals surface area contributed by atoms with E-state index in [9.17, 15) is 18.0 Å². The van der Waals surface area contributed by atoms with Crippen LogP contribution in [0.1, 0.15) is 39.8 Å². The van der Waals surface area contributed by atoms with Crippen LogP contribution in [0, 0.1) is 0 Å². The van der Waals surface area contributed by atoms with Crippen LogP contribution in [0.2, 0.25) is 0 Å². The molecule has 1 aliphatic heterocycles. The Bertz CT molecular complexity index is 1680. The minimum absolute atomic E-state index is 0.123. The lowest BCUT2D eigenvalue weighted by Crippen LogP contribution is -2.39. The summed E-state index contributed by atoms with van der Waals surface area (Å²) in [6, 6.07) is 23.5. The second-order valence-corrected chi connectivity index (χ2v) is 9.85. The van der Waals surface area contributed by atoms with E-state index in [2.05, 4.69) is 15.1 Å². The molecule has 0 spiro atoms. The number of nitrogens with two attached hydrogens (primary N) is 1. The zero-order valence-electron chi connectivity index (χ0n) is 21.8. The predicted molar refractivity (Wildman–Crippen MR) is 146 cm³/mol. The quantitative estimate of drug-likeness (QED) is 0.310. The molecule has 41 heavy (non-hydrogen) atoms. The number of fused-ring (bicyclic) bond motifs is 1. The fourth-order valence-electron chi connectivity index (χ4n) is 5.16. The number of halogens is 3. The standard InChI is InChI=1S/C30H25F3N6O2/c31-30(32,33)22-13-11-21(12-14-22)27-36-25(37-41-27)18-38-16-15-23-24(17-38)35-29(34)39(28(23)40)26(19-7-3-1-4-8-19)20-9-5-2-6-10-20/h1-14,26H,15-18H2,(H2,34,35). The van der Waals surface area contributed by atoms with Crippen LogP contribution in [-0.4, -0.2) is 31.1 Å². The molecule has 0 aliphatic carbocycles. The van der Waals surface area contributed by atoms with Gasteiger partial charge in [0.25, 0.3) is 11.4 Å². The molecule has 8 nitrogen and oxygen atoms in total. The number of hydrogen-bond acceptors (Lipinski definition) is 7. The van der Waals surface area contributed by atoms with Crippen LogP contribution in [-0.2, 0) is 25.7 Å². The lowest BCUT2D eigenvalue weighted by molar-refractivity contribution is -0.137. The molecule has 0 unspecified atom stereocenters. The Morgan fingerprint density at radius 3 is 2.15 bits per heavy atom. The smallest absolute Gasteiger partial charge is 0.369 e. The maximum absolute atomic E-state index is 13.8. The normalized spacial score (nSPS) is 13.9. The van der Waals surface area contributed by atoms with Crippen LogP contribution < -0.4 is 11.3 Å². The van der Waals surface area contributed by atoms with Crippen LogP contribution >= 0.6 is 0 Å². The Morgan fingerprint density at radius 2 is 1.54 bits per heavy atom. The van der Waals surface area contributed by atoms with Crippen LogP contribution in [0.4, 0.5) is 19.1 Å². The molecule has 208 valence electrons. The number of anilines is 1. The number of nitrogens with zero attached hydrogens (tertiary/aromatic N) is 5. The van der Waals surface area contributed by atoms with Crippen molar-refractivity contribution in [3.8, 4) is 11.5 Å². The molecule has 0 fully saturated rings. The first-order chi connectivity index (χ1) is 19.8. The van der Waals surface area contributed by atoms with Gasteiger partial charge in [0, 0.05) is 24.2 Å². The Morgan fingerprint density at radius 1 is 0.902 bits per heavy atom. The highest BCUT2D eigenvalue weighted by molar-refractivity contribution is 5.53. The molecule has 11 heteroatoms. The van der Waals surface area contributed by atoms with E-state index in [1.54, 1.807) is 4.57 Å². The third kappa shape index (κ3) is 5.36. The molecule has 0 amide bonds. The topological polar surface area (TPSA) is 103 Å². The fourth-order valence-corrected chi connectivity index (χ4v) is 5.16. The van der Waals surface area contributed by atoms with Gasteiger partial charge in [-0.25, -0.2) is 4.98 Å². The molecule has 3 aromatic carbocycles. The molecule has 2 aromatic heterocycles. The van der Waals surface area contributed by atoms with Gasteiger partial charge in [-0.3, -0.25) is 14.3 Å². The fraction of sp³-hybridized carbons (Fsp3) is 0.200. The highest BCUT2D eigenvalue weighted by Gasteiger charge is 2.31. The Kier molecular flexibility index (Phi) is 6.88. The second-order valence-electron chi connectivity index (χ2n) is 9.85. The summed E-state index contributed by atoms with van der Waals surface area (Å²) in [5, 5.41) is 3.99. The number of benzene rings is 3. The first-order valence-electron chi connectivity index (χ1n) is 13.0. The van der Waals surface area contributed by atoms with E-state index < -0.39 is 17.8 Å². The van der Waals surface area contributed by atoms with Gasteiger partial charge in [-0.15, -0.1) is 0 Å². The summed E-state index contributed by atoms with van der Waals surface area (Å²) >= 11 is 0. The van der Waals surface area contributed by atoms with Crippen LogP contribution in [0.3, 0.4) is 0 Å². The number of aromatic nitrogens is 4. The van der Waals surface area contributed by atoms with Crippen molar-refractivity contribution in [2.45, 2.75) is 31.7 Å². The molecule has 5 aromatic rings. The number of rotatable bonds is 6. The molecule has 6 rings (SSSR count). The van der Waals surface area contributed by atoms with Crippen LogP contribution in [0.15, 0.2) is 94.2 Å². The van der Waals surface area contributed by atoms with Gasteiger partial charge < -0.3 is 10.3 Å². The predicted octanol–water partition coefficient (Wildman–Crippen LogP) is 5.09. The summed E-state index contributed by atoms with van der Waals surface area (Å²) in [7, 11) is 0. The van der Waals surface area contributed by atoms with Crippen molar-refractivity contribution in [3.63, 3.8) is 0 Å². The van der Waals surface area contributed by atoms with Gasteiger partial charge in [0.1, 0.15) is 0 Å². The van der Waals surface area contributed by atoms with Gasteiger partial charge in [-0.05, 0) is 41.8 Å². The first kappa shape index (κ1) is 26.5. The zero-order valence-corrected chi connectivity index (χ0v) is 21.8.